The van der Waals surface area contributed by atoms with E-state index in [0.29, 0.717) is 21.3 Å². The van der Waals surface area contributed by atoms with Gasteiger partial charge < -0.3 is 0 Å². The normalized spacial score (nSPS) is 11.0. The van der Waals surface area contributed by atoms with Gasteiger partial charge >= 0.3 is 0 Å². The number of benzene rings is 2. The molecule has 3 rings (SSSR count). The summed E-state index contributed by atoms with van der Waals surface area (Å²) in [5, 5.41) is 5.01. The van der Waals surface area contributed by atoms with E-state index in [2.05, 4.69) is 5.10 Å². The zero-order valence-corrected chi connectivity index (χ0v) is 14.4. The topological polar surface area (TPSA) is 52.0 Å². The van der Waals surface area contributed by atoms with Crippen molar-refractivity contribution in [2.45, 2.75) is 0 Å². The highest BCUT2D eigenvalue weighted by Gasteiger charge is 2.07. The number of nitrogens with zero attached hydrogens (tertiary/aromatic N) is 2. The van der Waals surface area contributed by atoms with Crippen LogP contribution in [0.3, 0.4) is 0 Å². The Bertz CT molecular complexity index is 1010. The Morgan fingerprint density at radius 2 is 1.80 bits per heavy atom. The molecule has 0 aliphatic rings. The summed E-state index contributed by atoms with van der Waals surface area (Å²) in [7, 11) is 0. The second-order valence-electron chi connectivity index (χ2n) is 5.19. The van der Waals surface area contributed by atoms with Crippen LogP contribution in [0.1, 0.15) is 15.9 Å². The molecule has 3 aromatic rings. The highest BCUT2D eigenvalue weighted by molar-refractivity contribution is 6.35. The smallest absolute Gasteiger partial charge is 0.272 e. The Morgan fingerprint density at radius 3 is 2.48 bits per heavy atom. The molecular weight excluding hydrogens is 359 g/mol. The maximum absolute atomic E-state index is 12.3. The minimum atomic E-state index is -0.380. The third-order valence-corrected chi connectivity index (χ3v) is 4.02. The van der Waals surface area contributed by atoms with Gasteiger partial charge in [-0.2, -0.15) is 9.78 Å². The average molecular weight is 371 g/mol. The standard InChI is InChI=1S/C19H12Cl2N2O2/c20-15-8-6-13(17(21)11-15)7-9-18(24)14-10-19(25)23(22-12-14)16-4-2-1-3-5-16/h1-12H/b9-7+. The Hall–Kier alpha value is -2.69. The number of aromatic nitrogens is 2. The van der Waals surface area contributed by atoms with Gasteiger partial charge in [0, 0.05) is 21.7 Å². The highest BCUT2D eigenvalue weighted by atomic mass is 35.5. The zero-order valence-electron chi connectivity index (χ0n) is 12.9. The molecule has 6 heteroatoms. The first-order valence-corrected chi connectivity index (χ1v) is 8.12. The summed E-state index contributed by atoms with van der Waals surface area (Å²) in [4.78, 5) is 24.5. The number of carbonyl (C=O) groups excluding carboxylic acids is 1. The van der Waals surface area contributed by atoms with Crippen molar-refractivity contribution in [1.82, 2.24) is 9.78 Å². The zero-order chi connectivity index (χ0) is 17.8. The molecule has 0 atom stereocenters. The van der Waals surface area contributed by atoms with E-state index in [4.69, 9.17) is 23.2 Å². The summed E-state index contributed by atoms with van der Waals surface area (Å²) in [6.45, 7) is 0. The molecule has 1 aromatic heterocycles. The Balaban J connectivity index is 1.84. The van der Waals surface area contributed by atoms with Gasteiger partial charge in [-0.25, -0.2) is 0 Å². The minimum absolute atomic E-state index is 0.207. The number of carbonyl (C=O) groups is 1. The molecule has 0 saturated heterocycles. The van der Waals surface area contributed by atoms with E-state index in [-0.39, 0.29) is 16.9 Å². The van der Waals surface area contributed by atoms with Gasteiger partial charge in [0.1, 0.15) is 0 Å². The van der Waals surface area contributed by atoms with Crippen LogP contribution in [-0.2, 0) is 0 Å². The van der Waals surface area contributed by atoms with E-state index >= 15 is 0 Å². The van der Waals surface area contributed by atoms with Gasteiger partial charge in [-0.15, -0.1) is 0 Å². The highest BCUT2D eigenvalue weighted by Crippen LogP contribution is 2.22. The van der Waals surface area contributed by atoms with Crippen molar-refractivity contribution in [2.24, 2.45) is 0 Å². The molecule has 0 bridgehead atoms. The lowest BCUT2D eigenvalue weighted by Crippen LogP contribution is -2.21. The van der Waals surface area contributed by atoms with Crippen molar-refractivity contribution in [2.75, 3.05) is 0 Å². The molecule has 2 aromatic carbocycles. The molecule has 4 nitrogen and oxygen atoms in total. The molecule has 0 N–H and O–H groups in total. The van der Waals surface area contributed by atoms with Crippen molar-refractivity contribution in [3.8, 4) is 5.69 Å². The second kappa shape index (κ2) is 7.47. The maximum Gasteiger partial charge on any atom is 0.272 e. The van der Waals surface area contributed by atoms with E-state index < -0.39 is 0 Å². The van der Waals surface area contributed by atoms with Gasteiger partial charge in [0.15, 0.2) is 5.78 Å². The third-order valence-electron chi connectivity index (χ3n) is 3.46. The SMILES string of the molecule is O=C(/C=C/c1ccc(Cl)cc1Cl)c1cnn(-c2ccccc2)c(=O)c1. The third kappa shape index (κ3) is 4.05. The summed E-state index contributed by atoms with van der Waals surface area (Å²) in [5.74, 6) is -0.337. The molecule has 0 fully saturated rings. The van der Waals surface area contributed by atoms with Gasteiger partial charge in [0.2, 0.25) is 0 Å². The van der Waals surface area contributed by atoms with Crippen molar-refractivity contribution < 1.29 is 4.79 Å². The van der Waals surface area contributed by atoms with E-state index in [1.807, 2.05) is 6.07 Å². The van der Waals surface area contributed by atoms with Gasteiger partial charge in [0.05, 0.1) is 11.9 Å². The molecule has 0 unspecified atom stereocenters. The number of hydrogen-bond donors (Lipinski definition) is 0. The largest absolute Gasteiger partial charge is 0.289 e. The molecule has 0 aliphatic heterocycles. The monoisotopic (exact) mass is 370 g/mol. The molecular formula is C19H12Cl2N2O2. The quantitative estimate of drug-likeness (QED) is 0.504. The number of hydrogen-bond acceptors (Lipinski definition) is 3. The van der Waals surface area contributed by atoms with E-state index in [1.165, 1.54) is 23.0 Å². The Morgan fingerprint density at radius 1 is 1.04 bits per heavy atom. The van der Waals surface area contributed by atoms with Crippen molar-refractivity contribution in [3.05, 3.63) is 98.4 Å². The van der Waals surface area contributed by atoms with E-state index in [9.17, 15) is 9.59 Å². The lowest BCUT2D eigenvalue weighted by atomic mass is 10.1. The van der Waals surface area contributed by atoms with Gasteiger partial charge in [-0.05, 0) is 42.0 Å². The van der Waals surface area contributed by atoms with Crippen LogP contribution in [0.2, 0.25) is 10.0 Å². The molecule has 25 heavy (non-hydrogen) atoms. The van der Waals surface area contributed by atoms with Gasteiger partial charge in [-0.3, -0.25) is 9.59 Å². The first kappa shape index (κ1) is 17.1. The molecule has 1 heterocycles. The van der Waals surface area contributed by atoms with Crippen LogP contribution in [0.5, 0.6) is 0 Å². The molecule has 124 valence electrons. The van der Waals surface area contributed by atoms with Crippen LogP contribution in [0.4, 0.5) is 0 Å². The van der Waals surface area contributed by atoms with Crippen LogP contribution in [0.25, 0.3) is 11.8 Å². The second-order valence-corrected chi connectivity index (χ2v) is 6.04. The average Bonchev–Trinajstić information content (AvgIpc) is 2.61. The van der Waals surface area contributed by atoms with Crippen LogP contribution in [-0.4, -0.2) is 15.6 Å². The van der Waals surface area contributed by atoms with Crippen molar-refractivity contribution in [3.63, 3.8) is 0 Å². The number of para-hydroxylation sites is 1. The van der Waals surface area contributed by atoms with Gasteiger partial charge in [-0.1, -0.05) is 47.5 Å². The molecule has 0 radical (unpaired) electrons. The first-order chi connectivity index (χ1) is 12.0. The molecule has 0 aliphatic carbocycles. The lowest BCUT2D eigenvalue weighted by Gasteiger charge is -2.04. The van der Waals surface area contributed by atoms with Crippen LogP contribution >= 0.6 is 23.2 Å². The summed E-state index contributed by atoms with van der Waals surface area (Å²) >= 11 is 11.9. The summed E-state index contributed by atoms with van der Waals surface area (Å²) in [5.41, 5.74) is 1.12. The molecule has 0 spiro atoms. The Kier molecular flexibility index (Phi) is 5.12. The number of ketones is 1. The minimum Gasteiger partial charge on any atom is -0.289 e. The predicted molar refractivity (Wildman–Crippen MR) is 99.7 cm³/mol. The fraction of sp³-hybridized carbons (Fsp3) is 0. The van der Waals surface area contributed by atoms with Crippen molar-refractivity contribution in [1.29, 1.82) is 0 Å². The number of halogens is 2. The van der Waals surface area contributed by atoms with Crippen LogP contribution < -0.4 is 5.56 Å². The summed E-state index contributed by atoms with van der Waals surface area (Å²) in [6.07, 6.45) is 4.28. The predicted octanol–water partition coefficient (Wildman–Crippen LogP) is 4.44. The van der Waals surface area contributed by atoms with E-state index in [1.54, 1.807) is 48.5 Å². The molecule has 0 saturated carbocycles. The van der Waals surface area contributed by atoms with Gasteiger partial charge in [0.25, 0.3) is 5.56 Å². The van der Waals surface area contributed by atoms with Crippen LogP contribution in [0.15, 0.2) is 71.7 Å². The first-order valence-electron chi connectivity index (χ1n) is 7.37. The van der Waals surface area contributed by atoms with Crippen molar-refractivity contribution >= 4 is 35.1 Å². The number of allylic oxidation sites excluding steroid dienone is 1. The fourth-order valence-corrected chi connectivity index (χ4v) is 2.68. The summed E-state index contributed by atoms with van der Waals surface area (Å²) < 4.78 is 1.23. The summed E-state index contributed by atoms with van der Waals surface area (Å²) in [6, 6.07) is 15.2. The lowest BCUT2D eigenvalue weighted by molar-refractivity contribution is 0.104. The Labute approximate surface area is 153 Å². The maximum atomic E-state index is 12.3. The molecule has 0 amide bonds. The van der Waals surface area contributed by atoms with E-state index in [0.717, 1.165) is 0 Å². The fourth-order valence-electron chi connectivity index (χ4n) is 2.20. The van der Waals surface area contributed by atoms with Crippen LogP contribution in [0, 0.1) is 0 Å². The number of rotatable bonds is 4.